The number of nitrogens with zero attached hydrogens (tertiary/aromatic N) is 2. The van der Waals surface area contributed by atoms with E-state index in [-0.39, 0.29) is 15.3 Å². The van der Waals surface area contributed by atoms with Gasteiger partial charge in [-0.25, -0.2) is 5.10 Å². The Morgan fingerprint density at radius 2 is 2.21 bits per heavy atom. The van der Waals surface area contributed by atoms with E-state index >= 15 is 0 Å². The highest BCUT2D eigenvalue weighted by molar-refractivity contribution is 7.86. The predicted molar refractivity (Wildman–Crippen MR) is 78.4 cm³/mol. The van der Waals surface area contributed by atoms with Crippen molar-refractivity contribution >= 4 is 28.1 Å². The summed E-state index contributed by atoms with van der Waals surface area (Å²) in [5.41, 5.74) is 0.248. The first-order chi connectivity index (χ1) is 9.04. The Morgan fingerprint density at radius 3 is 2.84 bits per heavy atom. The molecule has 0 radical (unpaired) electrons. The van der Waals surface area contributed by atoms with E-state index in [0.717, 1.165) is 12.8 Å². The van der Waals surface area contributed by atoms with Crippen molar-refractivity contribution in [2.45, 2.75) is 31.4 Å². The van der Waals surface area contributed by atoms with Crippen LogP contribution in [0, 0.1) is 0 Å². The van der Waals surface area contributed by atoms with Crippen LogP contribution in [0.5, 0.6) is 0 Å². The molecule has 0 aliphatic carbocycles. The fourth-order valence-electron chi connectivity index (χ4n) is 2.50. The van der Waals surface area contributed by atoms with Gasteiger partial charge in [0, 0.05) is 29.6 Å². The summed E-state index contributed by atoms with van der Waals surface area (Å²) in [5.74, 6) is 0.602. The van der Waals surface area contributed by atoms with Crippen LogP contribution in [-0.4, -0.2) is 38.0 Å². The maximum Gasteiger partial charge on any atom is 0.285 e. The molecule has 19 heavy (non-hydrogen) atoms. The van der Waals surface area contributed by atoms with Crippen LogP contribution in [0.4, 0.5) is 5.69 Å². The van der Waals surface area contributed by atoms with Crippen molar-refractivity contribution in [3.8, 4) is 0 Å². The maximum atomic E-state index is 12.3. The summed E-state index contributed by atoms with van der Waals surface area (Å²) in [4.78, 5) is 13.5. The molecule has 1 aromatic rings. The highest BCUT2D eigenvalue weighted by atomic mass is 35.5. The van der Waals surface area contributed by atoms with E-state index < -0.39 is 10.8 Å². The minimum Gasteiger partial charge on any atom is -0.366 e. The molecule has 1 unspecified atom stereocenters. The van der Waals surface area contributed by atoms with Gasteiger partial charge in [-0.15, -0.1) is 0 Å². The molecule has 2 rings (SSSR count). The molecule has 0 bridgehead atoms. The van der Waals surface area contributed by atoms with Gasteiger partial charge < -0.3 is 4.90 Å². The summed E-state index contributed by atoms with van der Waals surface area (Å²) in [6.45, 7) is 5.40. The standard InChI is InChI=1S/C12H18ClN3O2S/c1-3-12(4-2)8-16(5-6-19(12)18)9-7-14-15-11(17)10(9)13/h7H,3-6,8H2,1-2H3,(H,15,17). The normalized spacial score (nSPS) is 22.5. The molecule has 1 saturated heterocycles. The minimum atomic E-state index is -0.834. The van der Waals surface area contributed by atoms with Gasteiger partial charge in [0.2, 0.25) is 0 Å². The van der Waals surface area contributed by atoms with Crippen molar-refractivity contribution in [1.82, 2.24) is 10.2 Å². The number of hydrogen-bond donors (Lipinski definition) is 1. The molecule has 106 valence electrons. The Hall–Kier alpha value is -0.880. The molecule has 0 amide bonds. The summed E-state index contributed by atoms with van der Waals surface area (Å²) in [6, 6.07) is 0. The first kappa shape index (κ1) is 14.5. The molecule has 1 aliphatic heterocycles. The Bertz CT molecular complexity index is 542. The SMILES string of the molecule is CCC1(CC)CN(c2cn[nH]c(=O)c2Cl)CCS1=O. The lowest BCUT2D eigenvalue weighted by atomic mass is 10.0. The molecule has 0 saturated carbocycles. The lowest BCUT2D eigenvalue weighted by molar-refractivity contribution is 0.496. The Morgan fingerprint density at radius 1 is 1.53 bits per heavy atom. The number of nitrogens with one attached hydrogen (secondary N) is 1. The van der Waals surface area contributed by atoms with Gasteiger partial charge in [0.15, 0.2) is 0 Å². The van der Waals surface area contributed by atoms with Crippen molar-refractivity contribution in [3.63, 3.8) is 0 Å². The second-order valence-corrected chi connectivity index (χ2v) is 7.10. The zero-order chi connectivity index (χ0) is 14.0. The van der Waals surface area contributed by atoms with Crippen molar-refractivity contribution < 1.29 is 4.21 Å². The fourth-order valence-corrected chi connectivity index (χ4v) is 4.48. The number of halogens is 1. The third-order valence-electron chi connectivity index (χ3n) is 3.92. The lowest BCUT2D eigenvalue weighted by Crippen LogP contribution is -2.53. The van der Waals surface area contributed by atoms with Gasteiger partial charge >= 0.3 is 0 Å². The van der Waals surface area contributed by atoms with Gasteiger partial charge in [-0.1, -0.05) is 25.4 Å². The Labute approximate surface area is 119 Å². The van der Waals surface area contributed by atoms with Gasteiger partial charge in [-0.2, -0.15) is 5.10 Å². The largest absolute Gasteiger partial charge is 0.366 e. The number of rotatable bonds is 3. The van der Waals surface area contributed by atoms with Crippen LogP contribution >= 0.6 is 11.6 Å². The molecule has 1 aliphatic rings. The zero-order valence-corrected chi connectivity index (χ0v) is 12.7. The molecule has 1 fully saturated rings. The van der Waals surface area contributed by atoms with Crippen LogP contribution in [0.25, 0.3) is 0 Å². The van der Waals surface area contributed by atoms with E-state index in [1.807, 2.05) is 4.90 Å². The molecule has 2 heterocycles. The van der Waals surface area contributed by atoms with Crippen LogP contribution in [-0.2, 0) is 10.8 Å². The van der Waals surface area contributed by atoms with E-state index in [2.05, 4.69) is 24.0 Å². The number of aromatic nitrogens is 2. The summed E-state index contributed by atoms with van der Waals surface area (Å²) < 4.78 is 12.1. The first-order valence-corrected chi connectivity index (χ1v) is 8.10. The van der Waals surface area contributed by atoms with Gasteiger partial charge in [-0.3, -0.25) is 9.00 Å². The first-order valence-electron chi connectivity index (χ1n) is 6.40. The minimum absolute atomic E-state index is 0.156. The van der Waals surface area contributed by atoms with Crippen molar-refractivity contribution in [1.29, 1.82) is 0 Å². The van der Waals surface area contributed by atoms with Crippen molar-refractivity contribution in [3.05, 3.63) is 21.6 Å². The highest BCUT2D eigenvalue weighted by Gasteiger charge is 2.39. The number of aromatic amines is 1. The summed E-state index contributed by atoms with van der Waals surface area (Å²) in [7, 11) is -0.834. The van der Waals surface area contributed by atoms with E-state index in [1.165, 1.54) is 0 Å². The molecule has 1 N–H and O–H groups in total. The Balaban J connectivity index is 2.35. The van der Waals surface area contributed by atoms with Crippen LogP contribution in [0.3, 0.4) is 0 Å². The number of anilines is 1. The van der Waals surface area contributed by atoms with Gasteiger partial charge in [-0.05, 0) is 12.8 Å². The molecule has 0 spiro atoms. The Kier molecular flexibility index (Phi) is 4.30. The summed E-state index contributed by atoms with van der Waals surface area (Å²) in [6.07, 6.45) is 3.26. The molecule has 1 atom stereocenters. The number of H-pyrrole nitrogens is 1. The third-order valence-corrected chi connectivity index (χ3v) is 6.51. The van der Waals surface area contributed by atoms with E-state index in [1.54, 1.807) is 6.20 Å². The van der Waals surface area contributed by atoms with E-state index in [9.17, 15) is 9.00 Å². The number of hydrogen-bond acceptors (Lipinski definition) is 4. The molecule has 1 aromatic heterocycles. The quantitative estimate of drug-likeness (QED) is 0.920. The van der Waals surface area contributed by atoms with Gasteiger partial charge in [0.25, 0.3) is 5.56 Å². The van der Waals surface area contributed by atoms with Crippen LogP contribution in [0.2, 0.25) is 5.02 Å². The average molecular weight is 304 g/mol. The monoisotopic (exact) mass is 303 g/mol. The average Bonchev–Trinajstić information content (AvgIpc) is 2.43. The molecular weight excluding hydrogens is 286 g/mol. The maximum absolute atomic E-state index is 12.3. The van der Waals surface area contributed by atoms with Gasteiger partial charge in [0.05, 0.1) is 16.6 Å². The summed E-state index contributed by atoms with van der Waals surface area (Å²) in [5, 5.41) is 6.27. The van der Waals surface area contributed by atoms with Gasteiger partial charge in [0.1, 0.15) is 5.02 Å². The second-order valence-electron chi connectivity index (χ2n) is 4.76. The van der Waals surface area contributed by atoms with Crippen LogP contribution in [0.15, 0.2) is 11.0 Å². The van der Waals surface area contributed by atoms with Crippen LogP contribution < -0.4 is 10.5 Å². The zero-order valence-electron chi connectivity index (χ0n) is 11.1. The highest BCUT2D eigenvalue weighted by Crippen LogP contribution is 2.32. The van der Waals surface area contributed by atoms with E-state index in [0.29, 0.717) is 24.5 Å². The summed E-state index contributed by atoms with van der Waals surface area (Å²) >= 11 is 6.04. The van der Waals surface area contributed by atoms with Crippen LogP contribution in [0.1, 0.15) is 26.7 Å². The topological polar surface area (TPSA) is 66.1 Å². The van der Waals surface area contributed by atoms with E-state index in [4.69, 9.17) is 11.6 Å². The molecule has 7 heteroatoms. The second kappa shape index (κ2) is 5.63. The molecule has 0 aromatic carbocycles. The van der Waals surface area contributed by atoms with Crippen molar-refractivity contribution in [2.24, 2.45) is 0 Å². The molecule has 5 nitrogen and oxygen atoms in total. The van der Waals surface area contributed by atoms with Crippen molar-refractivity contribution in [2.75, 3.05) is 23.7 Å². The molecular formula is C12H18ClN3O2S. The fraction of sp³-hybridized carbons (Fsp3) is 0.667. The third kappa shape index (κ3) is 2.56. The smallest absolute Gasteiger partial charge is 0.285 e. The lowest BCUT2D eigenvalue weighted by Gasteiger charge is -2.42. The predicted octanol–water partition coefficient (Wildman–Crippen LogP) is 1.55.